The number of nitriles is 1. The number of allylic oxidation sites excluding steroid dienone is 1. The molecule has 96 valence electrons. The van der Waals surface area contributed by atoms with Crippen molar-refractivity contribution in [3.63, 3.8) is 0 Å². The van der Waals surface area contributed by atoms with Crippen molar-refractivity contribution in [1.29, 1.82) is 5.26 Å². The molecule has 1 aromatic rings. The van der Waals surface area contributed by atoms with Crippen LogP contribution in [0.3, 0.4) is 0 Å². The molecule has 0 radical (unpaired) electrons. The van der Waals surface area contributed by atoms with Gasteiger partial charge in [-0.05, 0) is 24.3 Å². The van der Waals surface area contributed by atoms with E-state index in [1.807, 2.05) is 0 Å². The van der Waals surface area contributed by atoms with Crippen LogP contribution in [0.4, 0.5) is 5.69 Å². The van der Waals surface area contributed by atoms with E-state index in [0.717, 1.165) is 17.7 Å². The van der Waals surface area contributed by atoms with Crippen LogP contribution in [-0.2, 0) is 19.9 Å². The Morgan fingerprint density at radius 1 is 1.17 bits per heavy atom. The summed E-state index contributed by atoms with van der Waals surface area (Å²) in [6, 6.07) is 6.75. The summed E-state index contributed by atoms with van der Waals surface area (Å²) < 4.78 is 47.3. The summed E-state index contributed by atoms with van der Waals surface area (Å²) in [5.41, 5.74) is 0.265. The van der Waals surface area contributed by atoms with Gasteiger partial charge >= 0.3 is 0 Å². The van der Waals surface area contributed by atoms with Crippen LogP contribution in [0.5, 0.6) is 0 Å². The third-order valence-electron chi connectivity index (χ3n) is 1.81. The molecule has 0 aliphatic carbocycles. The van der Waals surface area contributed by atoms with E-state index >= 15 is 0 Å². The quantitative estimate of drug-likeness (QED) is 0.827. The Kier molecular flexibility index (Phi) is 4.11. The van der Waals surface area contributed by atoms with Gasteiger partial charge in [0, 0.05) is 17.2 Å². The van der Waals surface area contributed by atoms with Crippen LogP contribution in [0.25, 0.3) is 0 Å². The van der Waals surface area contributed by atoms with Crippen molar-refractivity contribution < 1.29 is 16.8 Å². The van der Waals surface area contributed by atoms with Gasteiger partial charge in [0.05, 0.1) is 17.2 Å². The van der Waals surface area contributed by atoms with Crippen LogP contribution in [0.2, 0.25) is 0 Å². The Balaban J connectivity index is 3.04. The highest BCUT2D eigenvalue weighted by Crippen LogP contribution is 2.16. The van der Waals surface area contributed by atoms with Gasteiger partial charge in [-0.15, -0.1) is 0 Å². The minimum atomic E-state index is -3.66. The SMILES string of the molecule is CS(=O)(=O)Nc1ccc(S(=O)(=O)C=CC#N)cc1. The lowest BCUT2D eigenvalue weighted by Crippen LogP contribution is -2.09. The molecule has 0 amide bonds. The molecule has 0 fully saturated rings. The molecule has 8 heteroatoms. The molecule has 0 spiro atoms. The van der Waals surface area contributed by atoms with E-state index in [1.54, 1.807) is 6.07 Å². The third-order valence-corrected chi connectivity index (χ3v) is 3.84. The van der Waals surface area contributed by atoms with Gasteiger partial charge < -0.3 is 0 Å². The molecule has 18 heavy (non-hydrogen) atoms. The van der Waals surface area contributed by atoms with Crippen molar-refractivity contribution in [1.82, 2.24) is 0 Å². The van der Waals surface area contributed by atoms with E-state index in [4.69, 9.17) is 5.26 Å². The molecule has 0 saturated carbocycles. The maximum atomic E-state index is 11.6. The van der Waals surface area contributed by atoms with Crippen molar-refractivity contribution in [3.8, 4) is 6.07 Å². The molecule has 0 bridgehead atoms. The molecular weight excluding hydrogens is 276 g/mol. The number of rotatable bonds is 4. The monoisotopic (exact) mass is 286 g/mol. The van der Waals surface area contributed by atoms with Crippen molar-refractivity contribution in [2.75, 3.05) is 11.0 Å². The minimum Gasteiger partial charge on any atom is -0.284 e. The number of hydrogen-bond donors (Lipinski definition) is 1. The van der Waals surface area contributed by atoms with Gasteiger partial charge in [-0.2, -0.15) is 5.26 Å². The second-order valence-electron chi connectivity index (χ2n) is 3.38. The smallest absolute Gasteiger partial charge is 0.229 e. The fourth-order valence-corrected chi connectivity index (χ4v) is 2.60. The van der Waals surface area contributed by atoms with Gasteiger partial charge in [-0.1, -0.05) is 0 Å². The van der Waals surface area contributed by atoms with E-state index in [2.05, 4.69) is 4.72 Å². The van der Waals surface area contributed by atoms with E-state index in [1.165, 1.54) is 24.3 Å². The fourth-order valence-electron chi connectivity index (χ4n) is 1.13. The number of sulfone groups is 1. The van der Waals surface area contributed by atoms with E-state index in [0.29, 0.717) is 0 Å². The van der Waals surface area contributed by atoms with Crippen LogP contribution in [-0.4, -0.2) is 23.1 Å². The average Bonchev–Trinajstić information content (AvgIpc) is 2.25. The Morgan fingerprint density at radius 3 is 2.17 bits per heavy atom. The number of nitrogens with one attached hydrogen (secondary N) is 1. The molecule has 6 nitrogen and oxygen atoms in total. The molecule has 1 N–H and O–H groups in total. The predicted octanol–water partition coefficient (Wildman–Crippen LogP) is 0.869. The highest BCUT2D eigenvalue weighted by Gasteiger charge is 2.10. The molecular formula is C10H10N2O4S2. The Labute approximate surface area is 106 Å². The molecule has 0 aliphatic rings. The number of benzene rings is 1. The second kappa shape index (κ2) is 5.20. The summed E-state index contributed by atoms with van der Waals surface area (Å²) in [6.45, 7) is 0. The first-order valence-electron chi connectivity index (χ1n) is 4.64. The first-order chi connectivity index (χ1) is 8.24. The molecule has 0 unspecified atom stereocenters. The Hall–Kier alpha value is -1.85. The normalized spacial score (nSPS) is 12.2. The van der Waals surface area contributed by atoms with Crippen molar-refractivity contribution in [3.05, 3.63) is 35.7 Å². The Bertz CT molecular complexity index is 695. The minimum absolute atomic E-state index is 0.0203. The molecule has 0 aromatic heterocycles. The molecule has 0 atom stereocenters. The van der Waals surface area contributed by atoms with E-state index < -0.39 is 19.9 Å². The molecule has 0 heterocycles. The van der Waals surface area contributed by atoms with Gasteiger partial charge in [-0.25, -0.2) is 16.8 Å². The zero-order valence-electron chi connectivity index (χ0n) is 9.36. The molecule has 0 aliphatic heterocycles. The predicted molar refractivity (Wildman–Crippen MR) is 66.8 cm³/mol. The van der Waals surface area contributed by atoms with Crippen molar-refractivity contribution in [2.45, 2.75) is 4.90 Å². The Morgan fingerprint density at radius 2 is 1.72 bits per heavy atom. The van der Waals surface area contributed by atoms with E-state index in [9.17, 15) is 16.8 Å². The summed E-state index contributed by atoms with van der Waals surface area (Å²) in [5.74, 6) is 0. The maximum Gasteiger partial charge on any atom is 0.229 e. The number of sulfonamides is 1. The number of hydrogen-bond acceptors (Lipinski definition) is 5. The highest BCUT2D eigenvalue weighted by molar-refractivity contribution is 7.94. The summed E-state index contributed by atoms with van der Waals surface area (Å²) in [4.78, 5) is -0.0203. The van der Waals surface area contributed by atoms with Gasteiger partial charge in [-0.3, -0.25) is 4.72 Å². The van der Waals surface area contributed by atoms with Crippen molar-refractivity contribution in [2.24, 2.45) is 0 Å². The largest absolute Gasteiger partial charge is 0.284 e. The van der Waals surface area contributed by atoms with Crippen LogP contribution in [0.15, 0.2) is 40.6 Å². The van der Waals surface area contributed by atoms with Gasteiger partial charge in [0.15, 0.2) is 0 Å². The topological polar surface area (TPSA) is 104 Å². The van der Waals surface area contributed by atoms with E-state index in [-0.39, 0.29) is 10.6 Å². The number of anilines is 1. The fraction of sp³-hybridized carbons (Fsp3) is 0.100. The zero-order valence-corrected chi connectivity index (χ0v) is 11.0. The standard InChI is InChI=1S/C10H10N2O4S2/c1-17(13,14)12-9-3-5-10(6-4-9)18(15,16)8-2-7-11/h2-6,8,12H,1H3. The summed E-state index contributed by atoms with van der Waals surface area (Å²) in [5, 5.41) is 9.05. The zero-order chi connectivity index (χ0) is 13.8. The van der Waals surface area contributed by atoms with Crippen LogP contribution >= 0.6 is 0 Å². The van der Waals surface area contributed by atoms with Gasteiger partial charge in [0.25, 0.3) is 0 Å². The molecule has 1 rings (SSSR count). The number of nitrogens with zero attached hydrogens (tertiary/aromatic N) is 1. The lowest BCUT2D eigenvalue weighted by molar-refractivity contribution is 0.604. The highest BCUT2D eigenvalue weighted by atomic mass is 32.2. The lowest BCUT2D eigenvalue weighted by Gasteiger charge is -2.04. The first kappa shape index (κ1) is 14.2. The van der Waals surface area contributed by atoms with Crippen LogP contribution < -0.4 is 4.72 Å². The van der Waals surface area contributed by atoms with Gasteiger partial charge in [0.2, 0.25) is 19.9 Å². The maximum absolute atomic E-state index is 11.6. The van der Waals surface area contributed by atoms with Crippen LogP contribution in [0.1, 0.15) is 0 Å². The summed E-state index contributed by atoms with van der Waals surface area (Å²) in [6.07, 6.45) is 1.85. The molecule has 0 saturated heterocycles. The van der Waals surface area contributed by atoms with Crippen molar-refractivity contribution >= 4 is 25.5 Å². The van der Waals surface area contributed by atoms with Crippen LogP contribution in [0, 0.1) is 11.3 Å². The average molecular weight is 286 g/mol. The second-order valence-corrected chi connectivity index (χ2v) is 6.96. The lowest BCUT2D eigenvalue weighted by atomic mass is 10.3. The first-order valence-corrected chi connectivity index (χ1v) is 8.07. The molecule has 1 aromatic carbocycles. The third kappa shape index (κ3) is 4.20. The van der Waals surface area contributed by atoms with Gasteiger partial charge in [0.1, 0.15) is 0 Å². The summed E-state index contributed by atoms with van der Waals surface area (Å²) >= 11 is 0. The summed E-state index contributed by atoms with van der Waals surface area (Å²) in [7, 11) is -7.06.